The minimum atomic E-state index is 0.964. The number of nitrogens with zero attached hydrogens (tertiary/aromatic N) is 5. The molecule has 2 aromatic heterocycles. The second kappa shape index (κ2) is 7.27. The van der Waals surface area contributed by atoms with Gasteiger partial charge in [0.05, 0.1) is 5.69 Å². The van der Waals surface area contributed by atoms with Crippen LogP contribution in [0.4, 0.5) is 10.8 Å². The third kappa shape index (κ3) is 4.00. The summed E-state index contributed by atoms with van der Waals surface area (Å²) in [6, 6.07) is 2.10. The van der Waals surface area contributed by atoms with Crippen LogP contribution < -0.4 is 9.80 Å². The van der Waals surface area contributed by atoms with Gasteiger partial charge in [0.2, 0.25) is 0 Å². The lowest BCUT2D eigenvalue weighted by Gasteiger charge is -2.24. The van der Waals surface area contributed by atoms with Gasteiger partial charge < -0.3 is 9.80 Å². The van der Waals surface area contributed by atoms with E-state index >= 15 is 0 Å². The number of aromatic nitrogens is 2. The Kier molecular flexibility index (Phi) is 5.13. The summed E-state index contributed by atoms with van der Waals surface area (Å²) >= 11 is 1.76. The zero-order valence-corrected chi connectivity index (χ0v) is 15.0. The fourth-order valence-corrected chi connectivity index (χ4v) is 3.88. The van der Waals surface area contributed by atoms with Crippen molar-refractivity contribution >= 4 is 22.2 Å². The maximum Gasteiger partial charge on any atom is 0.185 e. The highest BCUT2D eigenvalue weighted by Gasteiger charge is 2.18. The van der Waals surface area contributed by atoms with Gasteiger partial charge >= 0.3 is 0 Å². The fraction of sp³-hybridized carbons (Fsp3) is 0.529. The summed E-state index contributed by atoms with van der Waals surface area (Å²) in [6.45, 7) is 7.37. The first-order valence-electron chi connectivity index (χ1n) is 8.13. The Hall–Kier alpha value is -1.66. The number of hydrogen-bond acceptors (Lipinski definition) is 6. The van der Waals surface area contributed by atoms with Crippen LogP contribution >= 0.6 is 11.3 Å². The van der Waals surface area contributed by atoms with Gasteiger partial charge in [-0.15, -0.1) is 11.3 Å². The number of hydrogen-bond donors (Lipinski definition) is 0. The largest absolute Gasteiger partial charge is 0.377 e. The van der Waals surface area contributed by atoms with E-state index in [4.69, 9.17) is 0 Å². The van der Waals surface area contributed by atoms with Crippen LogP contribution in [-0.4, -0.2) is 55.1 Å². The van der Waals surface area contributed by atoms with E-state index in [1.165, 1.54) is 22.8 Å². The van der Waals surface area contributed by atoms with Crippen molar-refractivity contribution in [3.05, 3.63) is 35.1 Å². The monoisotopic (exact) mass is 331 g/mol. The molecule has 124 valence electrons. The molecule has 0 aromatic carbocycles. The van der Waals surface area contributed by atoms with Crippen molar-refractivity contribution < 1.29 is 0 Å². The fourth-order valence-electron chi connectivity index (χ4n) is 3.03. The number of aryl methyl sites for hydroxylation is 1. The van der Waals surface area contributed by atoms with Gasteiger partial charge in [0.25, 0.3) is 0 Å². The smallest absolute Gasteiger partial charge is 0.185 e. The van der Waals surface area contributed by atoms with Crippen LogP contribution in [-0.2, 0) is 6.54 Å². The highest BCUT2D eigenvalue weighted by molar-refractivity contribution is 7.13. The Balaban J connectivity index is 1.65. The molecule has 3 rings (SSSR count). The molecule has 0 N–H and O–H groups in total. The first kappa shape index (κ1) is 16.2. The van der Waals surface area contributed by atoms with E-state index in [1.54, 1.807) is 11.3 Å². The summed E-state index contributed by atoms with van der Waals surface area (Å²) in [6.07, 6.45) is 5.05. The number of thiazole rings is 1. The summed E-state index contributed by atoms with van der Waals surface area (Å²) in [4.78, 5) is 16.1. The zero-order chi connectivity index (χ0) is 16.2. The molecule has 0 amide bonds. The Bertz CT molecular complexity index is 639. The van der Waals surface area contributed by atoms with E-state index in [2.05, 4.69) is 57.1 Å². The van der Waals surface area contributed by atoms with Gasteiger partial charge in [0.1, 0.15) is 0 Å². The van der Waals surface area contributed by atoms with Crippen molar-refractivity contribution in [2.24, 2.45) is 0 Å². The maximum atomic E-state index is 4.63. The van der Waals surface area contributed by atoms with E-state index in [1.807, 2.05) is 12.4 Å². The average Bonchev–Trinajstić information content (AvgIpc) is 2.83. The van der Waals surface area contributed by atoms with Crippen LogP contribution in [0.15, 0.2) is 23.8 Å². The maximum absolute atomic E-state index is 4.63. The standard InChI is InChI=1S/C17H25N5S/c1-14-13-23-17(19-14)22-8-4-7-21(9-10-22)12-15-11-18-6-5-16(15)20(2)3/h5-6,11,13H,4,7-10,12H2,1-3H3. The first-order chi connectivity index (χ1) is 11.1. The lowest BCUT2D eigenvalue weighted by Crippen LogP contribution is -2.30. The van der Waals surface area contributed by atoms with Crippen LogP contribution in [0.5, 0.6) is 0 Å². The van der Waals surface area contributed by atoms with Crippen molar-refractivity contribution in [1.29, 1.82) is 0 Å². The van der Waals surface area contributed by atoms with Crippen LogP contribution in [0, 0.1) is 6.92 Å². The predicted octanol–water partition coefficient (Wildman–Crippen LogP) is 2.62. The van der Waals surface area contributed by atoms with Crippen LogP contribution in [0.1, 0.15) is 17.7 Å². The van der Waals surface area contributed by atoms with Crippen LogP contribution in [0.3, 0.4) is 0 Å². The Morgan fingerprint density at radius 3 is 2.83 bits per heavy atom. The quantitative estimate of drug-likeness (QED) is 0.861. The minimum absolute atomic E-state index is 0.964. The Labute approximate surface area is 142 Å². The summed E-state index contributed by atoms with van der Waals surface area (Å²) in [5, 5.41) is 3.30. The summed E-state index contributed by atoms with van der Waals surface area (Å²) < 4.78 is 0. The highest BCUT2D eigenvalue weighted by Crippen LogP contribution is 2.23. The average molecular weight is 331 g/mol. The van der Waals surface area contributed by atoms with Crippen molar-refractivity contribution in [3.8, 4) is 0 Å². The van der Waals surface area contributed by atoms with Gasteiger partial charge in [0, 0.05) is 75.8 Å². The molecule has 0 spiro atoms. The van der Waals surface area contributed by atoms with Gasteiger partial charge in [-0.2, -0.15) is 0 Å². The number of rotatable bonds is 4. The lowest BCUT2D eigenvalue weighted by atomic mass is 10.2. The molecule has 0 unspecified atom stereocenters. The molecule has 0 aliphatic carbocycles. The molecule has 3 heterocycles. The van der Waals surface area contributed by atoms with Gasteiger partial charge in [-0.1, -0.05) is 0 Å². The molecule has 0 saturated carbocycles. The van der Waals surface area contributed by atoms with E-state index in [9.17, 15) is 0 Å². The molecular weight excluding hydrogens is 306 g/mol. The van der Waals surface area contributed by atoms with Crippen LogP contribution in [0.25, 0.3) is 0 Å². The molecule has 2 aromatic rings. The predicted molar refractivity (Wildman–Crippen MR) is 97.5 cm³/mol. The van der Waals surface area contributed by atoms with Crippen molar-refractivity contribution in [2.45, 2.75) is 19.9 Å². The van der Waals surface area contributed by atoms with Gasteiger partial charge in [-0.3, -0.25) is 9.88 Å². The van der Waals surface area contributed by atoms with Gasteiger partial charge in [-0.05, 0) is 19.4 Å². The second-order valence-corrected chi connectivity index (χ2v) is 7.12. The minimum Gasteiger partial charge on any atom is -0.377 e. The molecule has 1 aliphatic rings. The lowest BCUT2D eigenvalue weighted by molar-refractivity contribution is 0.285. The van der Waals surface area contributed by atoms with E-state index in [-0.39, 0.29) is 0 Å². The highest BCUT2D eigenvalue weighted by atomic mass is 32.1. The van der Waals surface area contributed by atoms with Crippen LogP contribution in [0.2, 0.25) is 0 Å². The molecule has 0 radical (unpaired) electrons. The molecule has 0 atom stereocenters. The van der Waals surface area contributed by atoms with Crippen molar-refractivity contribution in [1.82, 2.24) is 14.9 Å². The molecule has 23 heavy (non-hydrogen) atoms. The molecule has 6 heteroatoms. The Morgan fingerprint density at radius 2 is 2.09 bits per heavy atom. The van der Waals surface area contributed by atoms with Gasteiger partial charge in [0.15, 0.2) is 5.13 Å². The third-order valence-corrected chi connectivity index (χ3v) is 5.24. The molecule has 5 nitrogen and oxygen atoms in total. The molecular formula is C17H25N5S. The molecule has 1 saturated heterocycles. The van der Waals surface area contributed by atoms with E-state index < -0.39 is 0 Å². The molecule has 1 fully saturated rings. The normalized spacial score (nSPS) is 16.4. The van der Waals surface area contributed by atoms with E-state index in [0.29, 0.717) is 0 Å². The molecule has 1 aliphatic heterocycles. The summed E-state index contributed by atoms with van der Waals surface area (Å²) in [5.41, 5.74) is 3.68. The van der Waals surface area contributed by atoms with Crippen molar-refractivity contribution in [2.75, 3.05) is 50.1 Å². The summed E-state index contributed by atoms with van der Waals surface area (Å²) in [5.74, 6) is 0. The Morgan fingerprint density at radius 1 is 1.22 bits per heavy atom. The third-order valence-electron chi connectivity index (χ3n) is 4.22. The van der Waals surface area contributed by atoms with Gasteiger partial charge in [-0.25, -0.2) is 4.98 Å². The van der Waals surface area contributed by atoms with Crippen molar-refractivity contribution in [3.63, 3.8) is 0 Å². The number of anilines is 2. The molecule has 0 bridgehead atoms. The van der Waals surface area contributed by atoms with E-state index in [0.717, 1.165) is 38.4 Å². The second-order valence-electron chi connectivity index (χ2n) is 6.29. The number of pyridine rings is 1. The first-order valence-corrected chi connectivity index (χ1v) is 9.01. The zero-order valence-electron chi connectivity index (χ0n) is 14.2. The summed E-state index contributed by atoms with van der Waals surface area (Å²) in [7, 11) is 4.18. The SMILES string of the molecule is Cc1csc(N2CCCN(Cc3cnccc3N(C)C)CC2)n1. The topological polar surface area (TPSA) is 35.5 Å².